The Balaban J connectivity index is 1.86. The van der Waals surface area contributed by atoms with Crippen molar-refractivity contribution in [2.45, 2.75) is 96.2 Å². The van der Waals surface area contributed by atoms with Gasteiger partial charge in [-0.2, -0.15) is 0 Å². The number of carbonyl (C=O) groups is 1. The van der Waals surface area contributed by atoms with Gasteiger partial charge in [0.15, 0.2) is 0 Å². The number of fused-ring (bicyclic) bond motifs is 2. The van der Waals surface area contributed by atoms with Crippen LogP contribution < -0.4 is 0 Å². The first-order valence-electron chi connectivity index (χ1n) is 9.27. The van der Waals surface area contributed by atoms with Crippen molar-refractivity contribution < 1.29 is 14.6 Å². The molecule has 0 radical (unpaired) electrons. The summed E-state index contributed by atoms with van der Waals surface area (Å²) in [5.41, 5.74) is -1.37. The molecule has 3 saturated carbocycles. The van der Waals surface area contributed by atoms with E-state index in [0.29, 0.717) is 18.3 Å². The predicted molar refractivity (Wildman–Crippen MR) is 86.4 cm³/mol. The van der Waals surface area contributed by atoms with Crippen molar-refractivity contribution in [3.63, 3.8) is 0 Å². The third-order valence-electron chi connectivity index (χ3n) is 6.90. The van der Waals surface area contributed by atoms with Crippen LogP contribution in [0.1, 0.15) is 85.0 Å². The molecule has 0 aromatic heterocycles. The molecule has 3 aliphatic carbocycles. The van der Waals surface area contributed by atoms with E-state index in [-0.39, 0.29) is 11.6 Å². The lowest BCUT2D eigenvalue weighted by atomic mass is 9.68. The van der Waals surface area contributed by atoms with Crippen molar-refractivity contribution in [1.82, 2.24) is 0 Å². The van der Waals surface area contributed by atoms with E-state index in [9.17, 15) is 9.90 Å². The van der Waals surface area contributed by atoms with Gasteiger partial charge in [0.25, 0.3) is 0 Å². The largest absolute Gasteiger partial charge is 0.458 e. The number of ether oxygens (including phenoxy) is 1. The molecule has 3 aliphatic rings. The van der Waals surface area contributed by atoms with Crippen LogP contribution in [0.15, 0.2) is 0 Å². The second kappa shape index (κ2) is 5.51. The minimum atomic E-state index is -0.571. The molecule has 3 nitrogen and oxygen atoms in total. The maximum atomic E-state index is 12.8. The summed E-state index contributed by atoms with van der Waals surface area (Å²) >= 11 is 0. The summed E-state index contributed by atoms with van der Waals surface area (Å²) in [6.45, 7) is 6.00. The molecule has 0 saturated heterocycles. The number of hydrogen-bond donors (Lipinski definition) is 1. The summed E-state index contributed by atoms with van der Waals surface area (Å²) in [7, 11) is 0. The van der Waals surface area contributed by atoms with E-state index in [1.165, 1.54) is 19.3 Å². The van der Waals surface area contributed by atoms with E-state index in [1.54, 1.807) is 0 Å². The summed E-state index contributed by atoms with van der Waals surface area (Å²) in [4.78, 5) is 12.8. The van der Waals surface area contributed by atoms with Gasteiger partial charge in [-0.25, -0.2) is 0 Å². The lowest BCUT2D eigenvalue weighted by molar-refractivity contribution is -0.191. The summed E-state index contributed by atoms with van der Waals surface area (Å²) in [5, 5.41) is 10.8. The van der Waals surface area contributed by atoms with E-state index in [2.05, 4.69) is 0 Å². The van der Waals surface area contributed by atoms with Crippen LogP contribution in [0.2, 0.25) is 0 Å². The zero-order chi connectivity index (χ0) is 16.0. The molecule has 0 amide bonds. The molecule has 126 valence electrons. The molecule has 0 aromatic rings. The van der Waals surface area contributed by atoms with Gasteiger partial charge in [-0.1, -0.05) is 26.2 Å². The second-order valence-electron chi connectivity index (χ2n) is 8.76. The molecular formula is C19H32O3. The van der Waals surface area contributed by atoms with Crippen molar-refractivity contribution in [3.8, 4) is 0 Å². The molecule has 3 unspecified atom stereocenters. The van der Waals surface area contributed by atoms with Crippen molar-refractivity contribution in [1.29, 1.82) is 0 Å². The first-order valence-corrected chi connectivity index (χ1v) is 9.27. The third-order valence-corrected chi connectivity index (χ3v) is 6.90. The van der Waals surface area contributed by atoms with Gasteiger partial charge < -0.3 is 9.84 Å². The molecule has 2 bridgehead atoms. The fourth-order valence-electron chi connectivity index (χ4n) is 5.07. The monoisotopic (exact) mass is 308 g/mol. The average molecular weight is 308 g/mol. The number of esters is 1. The van der Waals surface area contributed by atoms with E-state index in [0.717, 1.165) is 38.5 Å². The van der Waals surface area contributed by atoms with Gasteiger partial charge in [0, 0.05) is 12.3 Å². The fraction of sp³-hybridized carbons (Fsp3) is 0.947. The maximum absolute atomic E-state index is 12.8. The van der Waals surface area contributed by atoms with Crippen LogP contribution in [0.4, 0.5) is 0 Å². The number of hydrogen-bond acceptors (Lipinski definition) is 3. The smallest absolute Gasteiger partial charge is 0.312 e. The van der Waals surface area contributed by atoms with Crippen LogP contribution in [0.5, 0.6) is 0 Å². The van der Waals surface area contributed by atoms with Crippen LogP contribution in [0.25, 0.3) is 0 Å². The van der Waals surface area contributed by atoms with Crippen LogP contribution >= 0.6 is 0 Å². The molecule has 0 aromatic carbocycles. The Morgan fingerprint density at radius 1 is 1.18 bits per heavy atom. The third kappa shape index (κ3) is 2.60. The van der Waals surface area contributed by atoms with Gasteiger partial charge in [0.2, 0.25) is 0 Å². The Hall–Kier alpha value is -0.570. The Kier molecular flexibility index (Phi) is 4.08. The molecule has 0 spiro atoms. The van der Waals surface area contributed by atoms with E-state index < -0.39 is 11.0 Å². The number of rotatable bonds is 4. The zero-order valence-electron chi connectivity index (χ0n) is 14.5. The minimum Gasteiger partial charge on any atom is -0.458 e. The predicted octanol–water partition coefficient (Wildman–Crippen LogP) is 4.22. The van der Waals surface area contributed by atoms with Gasteiger partial charge in [-0.15, -0.1) is 0 Å². The van der Waals surface area contributed by atoms with Gasteiger partial charge in [-0.05, 0) is 58.3 Å². The first kappa shape index (κ1) is 16.3. The number of aliphatic hydroxyl groups is 1. The van der Waals surface area contributed by atoms with Crippen molar-refractivity contribution in [3.05, 3.63) is 0 Å². The Morgan fingerprint density at radius 2 is 1.86 bits per heavy atom. The van der Waals surface area contributed by atoms with Gasteiger partial charge in [0.05, 0.1) is 11.0 Å². The normalized spacial score (nSPS) is 39.2. The van der Waals surface area contributed by atoms with Crippen LogP contribution in [0, 0.1) is 17.3 Å². The number of carbonyl (C=O) groups excluding carboxylic acids is 1. The van der Waals surface area contributed by atoms with Gasteiger partial charge in [0.1, 0.15) is 5.60 Å². The Bertz CT molecular complexity index is 438. The fourth-order valence-corrected chi connectivity index (χ4v) is 5.07. The highest BCUT2D eigenvalue weighted by Gasteiger charge is 2.63. The summed E-state index contributed by atoms with van der Waals surface area (Å²) in [5.74, 6) is 0.770. The molecule has 0 heterocycles. The minimum absolute atomic E-state index is 0.0586. The molecule has 0 aliphatic heterocycles. The van der Waals surface area contributed by atoms with Crippen LogP contribution in [0.3, 0.4) is 0 Å². The van der Waals surface area contributed by atoms with Crippen molar-refractivity contribution in [2.24, 2.45) is 17.3 Å². The molecule has 22 heavy (non-hydrogen) atoms. The van der Waals surface area contributed by atoms with Gasteiger partial charge >= 0.3 is 5.97 Å². The Labute approximate surface area is 134 Å². The lowest BCUT2D eigenvalue weighted by Crippen LogP contribution is -2.51. The molecule has 3 atom stereocenters. The van der Waals surface area contributed by atoms with E-state index in [4.69, 9.17) is 4.74 Å². The Morgan fingerprint density at radius 3 is 2.36 bits per heavy atom. The van der Waals surface area contributed by atoms with Crippen LogP contribution in [-0.2, 0) is 9.53 Å². The van der Waals surface area contributed by atoms with Crippen LogP contribution in [-0.4, -0.2) is 22.3 Å². The molecule has 3 fully saturated rings. The maximum Gasteiger partial charge on any atom is 0.312 e. The SMILES string of the molecule is CCC(C)(C)C(=O)OC1(C2CCCCC2)CC2(O)CCC1C2. The second-order valence-corrected chi connectivity index (χ2v) is 8.76. The lowest BCUT2D eigenvalue weighted by Gasteiger charge is -2.46. The molecular weight excluding hydrogens is 276 g/mol. The molecule has 3 heteroatoms. The zero-order valence-corrected chi connectivity index (χ0v) is 14.5. The topological polar surface area (TPSA) is 46.5 Å². The average Bonchev–Trinajstić information content (AvgIpc) is 3.02. The van der Waals surface area contributed by atoms with Crippen molar-refractivity contribution in [2.75, 3.05) is 0 Å². The summed E-state index contributed by atoms with van der Waals surface area (Å²) in [6, 6.07) is 0. The highest BCUT2D eigenvalue weighted by molar-refractivity contribution is 5.76. The summed E-state index contributed by atoms with van der Waals surface area (Å²) < 4.78 is 6.29. The van der Waals surface area contributed by atoms with Crippen molar-refractivity contribution >= 4 is 5.97 Å². The molecule has 1 N–H and O–H groups in total. The summed E-state index contributed by atoms with van der Waals surface area (Å²) in [6.07, 6.45) is 10.3. The standard InChI is InChI=1S/C19H32O3/c1-4-17(2,3)16(20)22-19(14-8-6-5-7-9-14)13-18(21)11-10-15(19)12-18/h14-15,21H,4-13H2,1-3H3. The quantitative estimate of drug-likeness (QED) is 0.791. The van der Waals surface area contributed by atoms with Gasteiger partial charge in [-0.3, -0.25) is 4.79 Å². The van der Waals surface area contributed by atoms with E-state index >= 15 is 0 Å². The highest BCUT2D eigenvalue weighted by atomic mass is 16.6. The first-order chi connectivity index (χ1) is 10.3. The highest BCUT2D eigenvalue weighted by Crippen LogP contribution is 2.60. The van der Waals surface area contributed by atoms with E-state index in [1.807, 2.05) is 20.8 Å². The molecule has 3 rings (SSSR count).